The molecule has 1 amide bonds. The van der Waals surface area contributed by atoms with Gasteiger partial charge in [0.05, 0.1) is 28.7 Å². The number of thioether (sulfide) groups is 2. The molecule has 3 heterocycles. The Bertz CT molecular complexity index is 1800. The summed E-state index contributed by atoms with van der Waals surface area (Å²) in [6.45, 7) is 12.4. The number of carbonyl (C=O) groups excluding carboxylic acids is 1. The highest BCUT2D eigenvalue weighted by atomic mass is 35.5. The summed E-state index contributed by atoms with van der Waals surface area (Å²) in [5.41, 5.74) is 3.89. The van der Waals surface area contributed by atoms with Gasteiger partial charge in [-0.25, -0.2) is 13.1 Å². The Hall–Kier alpha value is -2.11. The average molecular weight is 772 g/mol. The van der Waals surface area contributed by atoms with Crippen LogP contribution in [0.3, 0.4) is 0 Å². The van der Waals surface area contributed by atoms with E-state index in [2.05, 4.69) is 40.5 Å². The van der Waals surface area contributed by atoms with E-state index in [0.717, 1.165) is 78.7 Å². The van der Waals surface area contributed by atoms with Crippen molar-refractivity contribution in [3.8, 4) is 5.75 Å². The predicted octanol–water partition coefficient (Wildman–Crippen LogP) is 8.41. The standard InChI is InChI=1S/C40H51ClN2O5S3/c1-26(2)23-48-40(38-49-18-7-19-50-38)17-5-8-27(3)28(4)51(45,46)42-37(44)30-11-15-36-35(21-30)43(22-31-10-13-34(31)40)24-39(25-47-36)16-6-9-29-20-32(41)12-14-33(29)39/h5,11-12,14-15,17,20-21,27-28,31,34,38H,1,6-10,13,16,18-19,22-25H2,2-4H3,(H,42,44)/b17-5+/t27-,28+,31-,34+,39-,40-/m0/s1. The molecule has 0 unspecified atom stereocenters. The largest absolute Gasteiger partial charge is 0.490 e. The Morgan fingerprint density at radius 3 is 2.69 bits per heavy atom. The molecular formula is C40H51ClN2O5S3. The lowest BCUT2D eigenvalue weighted by molar-refractivity contribution is -0.0799. The molecule has 276 valence electrons. The van der Waals surface area contributed by atoms with Crippen LogP contribution < -0.4 is 14.4 Å². The van der Waals surface area contributed by atoms with Gasteiger partial charge in [-0.1, -0.05) is 48.9 Å². The monoisotopic (exact) mass is 770 g/mol. The molecule has 1 saturated carbocycles. The van der Waals surface area contributed by atoms with Crippen LogP contribution >= 0.6 is 35.1 Å². The maximum Gasteiger partial charge on any atom is 0.264 e. The van der Waals surface area contributed by atoms with Gasteiger partial charge in [0.25, 0.3) is 5.91 Å². The molecule has 3 aliphatic heterocycles. The first-order valence-electron chi connectivity index (χ1n) is 18.5. The molecule has 2 aliphatic carbocycles. The number of hydrogen-bond donors (Lipinski definition) is 1. The number of benzene rings is 2. The van der Waals surface area contributed by atoms with Crippen LogP contribution in [0, 0.1) is 17.8 Å². The normalized spacial score (nSPS) is 33.1. The molecule has 1 spiro atoms. The number of sulfonamides is 1. The third-order valence-electron chi connectivity index (χ3n) is 11.9. The van der Waals surface area contributed by atoms with Gasteiger partial charge < -0.3 is 14.4 Å². The van der Waals surface area contributed by atoms with Gasteiger partial charge in [0.1, 0.15) is 11.4 Å². The number of amides is 1. The lowest BCUT2D eigenvalue weighted by Crippen LogP contribution is -2.57. The number of rotatable bonds is 4. The Kier molecular flexibility index (Phi) is 10.9. The molecule has 2 fully saturated rings. The number of carbonyl (C=O) groups is 1. The minimum atomic E-state index is -3.96. The SMILES string of the molecule is C=C(C)CO[C@@]1(C2SCCCS2)/C=C/C[C@H](C)[C@@H](C)S(=O)(=O)NC(=O)c2ccc3c(c2)N(C[C@@H]2CC[C@H]21)C[C@@]1(CCCc2cc(Cl)ccc21)CO3. The molecule has 11 heteroatoms. The molecule has 1 N–H and O–H groups in total. The molecule has 5 aliphatic rings. The van der Waals surface area contributed by atoms with Crippen molar-refractivity contribution in [3.63, 3.8) is 0 Å². The zero-order valence-corrected chi connectivity index (χ0v) is 33.2. The second kappa shape index (κ2) is 15.0. The van der Waals surface area contributed by atoms with Crippen molar-refractivity contribution >= 4 is 56.7 Å². The second-order valence-corrected chi connectivity index (χ2v) is 20.8. The van der Waals surface area contributed by atoms with Gasteiger partial charge in [-0.15, -0.1) is 23.5 Å². The fourth-order valence-corrected chi connectivity index (χ4v) is 13.6. The molecule has 6 atom stereocenters. The number of fused-ring (bicyclic) bond motifs is 4. The zero-order valence-electron chi connectivity index (χ0n) is 30.0. The summed E-state index contributed by atoms with van der Waals surface area (Å²) < 4.78 is 43.7. The van der Waals surface area contributed by atoms with Gasteiger partial charge in [0.2, 0.25) is 10.0 Å². The summed E-state index contributed by atoms with van der Waals surface area (Å²) in [4.78, 5) is 16.1. The van der Waals surface area contributed by atoms with Gasteiger partial charge in [0, 0.05) is 29.1 Å². The molecule has 0 aromatic heterocycles. The number of hydrogen-bond acceptors (Lipinski definition) is 8. The molecular weight excluding hydrogens is 720 g/mol. The highest BCUT2D eigenvalue weighted by Gasteiger charge is 2.53. The van der Waals surface area contributed by atoms with Gasteiger partial charge in [-0.2, -0.15) is 0 Å². The van der Waals surface area contributed by atoms with Crippen molar-refractivity contribution in [2.24, 2.45) is 17.8 Å². The predicted molar refractivity (Wildman–Crippen MR) is 212 cm³/mol. The molecule has 2 aromatic rings. The van der Waals surface area contributed by atoms with Crippen LogP contribution in [-0.4, -0.2) is 67.6 Å². The van der Waals surface area contributed by atoms with Gasteiger partial charge in [0.15, 0.2) is 0 Å². The van der Waals surface area contributed by atoms with Crippen LogP contribution in [0.15, 0.2) is 60.7 Å². The molecule has 2 aromatic carbocycles. The Balaban J connectivity index is 1.35. The first-order chi connectivity index (χ1) is 24.4. The quantitative estimate of drug-likeness (QED) is 0.311. The van der Waals surface area contributed by atoms with E-state index < -0.39 is 26.8 Å². The van der Waals surface area contributed by atoms with Crippen molar-refractivity contribution in [1.29, 1.82) is 0 Å². The van der Waals surface area contributed by atoms with Gasteiger partial charge >= 0.3 is 0 Å². The first kappa shape index (κ1) is 37.2. The van der Waals surface area contributed by atoms with Crippen molar-refractivity contribution in [2.75, 3.05) is 42.7 Å². The van der Waals surface area contributed by atoms with E-state index in [1.54, 1.807) is 13.0 Å². The fraction of sp³-hybridized carbons (Fsp3) is 0.575. The number of nitrogens with one attached hydrogen (secondary N) is 1. The lowest BCUT2D eigenvalue weighted by Gasteiger charge is -2.54. The number of ether oxygens (including phenoxy) is 2. The minimum Gasteiger partial charge on any atom is -0.490 e. The first-order valence-corrected chi connectivity index (χ1v) is 22.5. The van der Waals surface area contributed by atoms with E-state index in [1.807, 2.05) is 55.6 Å². The molecule has 1 saturated heterocycles. The van der Waals surface area contributed by atoms with Crippen molar-refractivity contribution in [2.45, 2.75) is 86.6 Å². The third-order valence-corrected chi connectivity index (χ3v) is 17.3. The summed E-state index contributed by atoms with van der Waals surface area (Å²) in [6.07, 6.45) is 11.3. The van der Waals surface area contributed by atoms with E-state index in [4.69, 9.17) is 21.1 Å². The number of anilines is 1. The van der Waals surface area contributed by atoms with Crippen LogP contribution in [0.2, 0.25) is 5.02 Å². The third kappa shape index (κ3) is 7.38. The van der Waals surface area contributed by atoms with Crippen molar-refractivity contribution < 1.29 is 22.7 Å². The number of allylic oxidation sites excluding steroid dienone is 1. The Morgan fingerprint density at radius 1 is 1.14 bits per heavy atom. The molecule has 7 rings (SSSR count). The number of nitrogens with zero attached hydrogens (tertiary/aromatic N) is 1. The van der Waals surface area contributed by atoms with E-state index in [-0.39, 0.29) is 21.8 Å². The van der Waals surface area contributed by atoms with E-state index in [0.29, 0.717) is 31.1 Å². The Morgan fingerprint density at radius 2 is 1.94 bits per heavy atom. The molecule has 7 nitrogen and oxygen atoms in total. The highest BCUT2D eigenvalue weighted by Crippen LogP contribution is 2.54. The van der Waals surface area contributed by atoms with Crippen molar-refractivity contribution in [1.82, 2.24) is 4.72 Å². The second-order valence-electron chi connectivity index (χ2n) is 15.6. The van der Waals surface area contributed by atoms with Crippen LogP contribution in [0.25, 0.3) is 0 Å². The Labute approximate surface area is 317 Å². The van der Waals surface area contributed by atoms with Crippen LogP contribution in [0.4, 0.5) is 5.69 Å². The van der Waals surface area contributed by atoms with E-state index in [9.17, 15) is 13.2 Å². The summed E-state index contributed by atoms with van der Waals surface area (Å²) in [5, 5.41) is -0.0297. The summed E-state index contributed by atoms with van der Waals surface area (Å²) in [5.74, 6) is 2.66. The number of aryl methyl sites for hydroxylation is 1. The smallest absolute Gasteiger partial charge is 0.264 e. The zero-order chi connectivity index (χ0) is 36.0. The maximum absolute atomic E-state index is 13.6. The van der Waals surface area contributed by atoms with Crippen LogP contribution in [0.1, 0.15) is 80.8 Å². The molecule has 2 bridgehead atoms. The minimum absolute atomic E-state index is 0.219. The van der Waals surface area contributed by atoms with E-state index >= 15 is 0 Å². The lowest BCUT2D eigenvalue weighted by atomic mass is 9.64. The molecule has 0 radical (unpaired) electrons. The van der Waals surface area contributed by atoms with Crippen LogP contribution in [-0.2, 0) is 26.6 Å². The average Bonchev–Trinajstić information content (AvgIpc) is 3.24. The number of halogens is 1. The summed E-state index contributed by atoms with van der Waals surface area (Å²) in [6, 6.07) is 11.7. The van der Waals surface area contributed by atoms with Gasteiger partial charge in [-0.3, -0.25) is 4.79 Å². The topological polar surface area (TPSA) is 84.9 Å². The summed E-state index contributed by atoms with van der Waals surface area (Å²) >= 11 is 10.5. The highest BCUT2D eigenvalue weighted by molar-refractivity contribution is 8.17. The summed E-state index contributed by atoms with van der Waals surface area (Å²) in [7, 11) is -3.96. The maximum atomic E-state index is 13.6. The fourth-order valence-electron chi connectivity index (χ4n) is 8.76. The van der Waals surface area contributed by atoms with Gasteiger partial charge in [-0.05, 0) is 130 Å². The van der Waals surface area contributed by atoms with Crippen LogP contribution in [0.5, 0.6) is 5.75 Å². The molecule has 51 heavy (non-hydrogen) atoms. The van der Waals surface area contributed by atoms with Crippen molar-refractivity contribution in [3.05, 3.63) is 82.4 Å². The van der Waals surface area contributed by atoms with E-state index in [1.165, 1.54) is 17.5 Å².